The van der Waals surface area contributed by atoms with Gasteiger partial charge >= 0.3 is 0 Å². The fourth-order valence-electron chi connectivity index (χ4n) is 3.08. The normalized spacial score (nSPS) is 18.6. The van der Waals surface area contributed by atoms with E-state index >= 15 is 0 Å². The number of aromatic nitrogens is 1. The van der Waals surface area contributed by atoms with E-state index in [4.69, 9.17) is 5.73 Å². The molecular weight excluding hydrogens is 236 g/mol. The lowest BCUT2D eigenvalue weighted by Gasteiger charge is -2.26. The molecule has 1 atom stereocenters. The molecule has 3 nitrogen and oxygen atoms in total. The van der Waals surface area contributed by atoms with Crippen LogP contribution >= 0.6 is 0 Å². The van der Waals surface area contributed by atoms with Crippen molar-refractivity contribution in [3.05, 3.63) is 36.7 Å². The van der Waals surface area contributed by atoms with Gasteiger partial charge in [-0.25, -0.2) is 0 Å². The Morgan fingerprint density at radius 3 is 2.26 bits per heavy atom. The molecule has 0 bridgehead atoms. The lowest BCUT2D eigenvalue weighted by atomic mass is 9.84. The summed E-state index contributed by atoms with van der Waals surface area (Å²) in [7, 11) is 0. The smallest absolute Gasteiger partial charge is 0.247 e. The second kappa shape index (κ2) is 5.17. The molecule has 0 spiro atoms. The van der Waals surface area contributed by atoms with Crippen molar-refractivity contribution in [2.24, 2.45) is 11.7 Å². The molecule has 1 aromatic heterocycles. The molecule has 1 aliphatic rings. The van der Waals surface area contributed by atoms with E-state index < -0.39 is 0 Å². The van der Waals surface area contributed by atoms with E-state index in [0.717, 1.165) is 23.6 Å². The average Bonchev–Trinajstić information content (AvgIpc) is 2.90. The van der Waals surface area contributed by atoms with Crippen LogP contribution in [-0.4, -0.2) is 16.5 Å². The Kier molecular flexibility index (Phi) is 3.38. The Hall–Kier alpha value is -1.61. The Morgan fingerprint density at radius 2 is 1.68 bits per heavy atom. The number of nitrogens with two attached hydrogens (primary N) is 1. The zero-order valence-corrected chi connectivity index (χ0v) is 11.1. The lowest BCUT2D eigenvalue weighted by molar-refractivity contribution is 0.0832. The van der Waals surface area contributed by atoms with Gasteiger partial charge in [0.2, 0.25) is 5.91 Å². The molecule has 2 aromatic rings. The number of fused-ring (bicyclic) bond motifs is 1. The summed E-state index contributed by atoms with van der Waals surface area (Å²) < 4.78 is 1.67. The first-order valence-electron chi connectivity index (χ1n) is 7.12. The zero-order valence-electron chi connectivity index (χ0n) is 11.1. The molecule has 0 unspecified atom stereocenters. The number of nitrogens with zero attached hydrogens (tertiary/aromatic N) is 1. The number of rotatable bonds is 2. The molecule has 1 aliphatic carbocycles. The van der Waals surface area contributed by atoms with Gasteiger partial charge in [-0.05, 0) is 29.5 Å². The number of carbonyl (C=O) groups excluding carboxylic acids is 1. The number of carbonyl (C=O) groups is 1. The third-order valence-electron chi connectivity index (χ3n) is 4.25. The highest BCUT2D eigenvalue weighted by atomic mass is 16.2. The number of benzene rings is 1. The predicted octanol–water partition coefficient (Wildman–Crippen LogP) is 3.19. The number of hydrogen-bond acceptors (Lipinski definition) is 2. The van der Waals surface area contributed by atoms with Gasteiger partial charge in [-0.15, -0.1) is 0 Å². The highest BCUT2D eigenvalue weighted by molar-refractivity contribution is 5.91. The van der Waals surface area contributed by atoms with Gasteiger partial charge in [0.15, 0.2) is 0 Å². The standard InChI is InChI=1S/C16H20N2O/c17-15(12-6-2-1-3-7-12)16(19)18-10-13-8-4-5-9-14(13)11-18/h4-5,8-12,15H,1-3,6-7,17H2/t15-/m1/s1. The van der Waals surface area contributed by atoms with Crippen LogP contribution in [0.15, 0.2) is 36.7 Å². The molecule has 0 amide bonds. The van der Waals surface area contributed by atoms with Crippen molar-refractivity contribution >= 4 is 16.7 Å². The van der Waals surface area contributed by atoms with Gasteiger partial charge in [-0.1, -0.05) is 43.5 Å². The van der Waals surface area contributed by atoms with Gasteiger partial charge in [-0.3, -0.25) is 9.36 Å². The summed E-state index contributed by atoms with van der Waals surface area (Å²) in [5.74, 6) is 0.384. The molecule has 2 N–H and O–H groups in total. The average molecular weight is 256 g/mol. The van der Waals surface area contributed by atoms with E-state index in [9.17, 15) is 4.79 Å². The molecule has 100 valence electrons. The minimum Gasteiger partial charge on any atom is -0.320 e. The monoisotopic (exact) mass is 256 g/mol. The van der Waals surface area contributed by atoms with Crippen LogP contribution in [0.3, 0.4) is 0 Å². The van der Waals surface area contributed by atoms with Crippen LogP contribution in [0.4, 0.5) is 0 Å². The SMILES string of the molecule is N[C@@H](C(=O)n1cc2ccccc2c1)C1CCCCC1. The summed E-state index contributed by atoms with van der Waals surface area (Å²) in [5, 5.41) is 2.18. The molecule has 3 heteroatoms. The summed E-state index contributed by atoms with van der Waals surface area (Å²) in [6, 6.07) is 7.65. The van der Waals surface area contributed by atoms with E-state index in [1.165, 1.54) is 19.3 Å². The second-order valence-electron chi connectivity index (χ2n) is 5.56. The summed E-state index contributed by atoms with van der Waals surface area (Å²) in [4.78, 5) is 12.5. The van der Waals surface area contributed by atoms with Crippen molar-refractivity contribution in [3.63, 3.8) is 0 Å². The Bertz CT molecular complexity index is 548. The van der Waals surface area contributed by atoms with E-state index in [-0.39, 0.29) is 11.9 Å². The van der Waals surface area contributed by atoms with Crippen LogP contribution in [0.2, 0.25) is 0 Å². The predicted molar refractivity (Wildman–Crippen MR) is 77.1 cm³/mol. The van der Waals surface area contributed by atoms with Crippen LogP contribution in [-0.2, 0) is 0 Å². The molecule has 3 rings (SSSR count). The highest BCUT2D eigenvalue weighted by Crippen LogP contribution is 2.26. The topological polar surface area (TPSA) is 48.0 Å². The first-order chi connectivity index (χ1) is 9.25. The third kappa shape index (κ3) is 2.43. The first-order valence-corrected chi connectivity index (χ1v) is 7.12. The summed E-state index contributed by atoms with van der Waals surface area (Å²) in [6.45, 7) is 0. The van der Waals surface area contributed by atoms with Gasteiger partial charge in [0.05, 0.1) is 6.04 Å². The fourth-order valence-corrected chi connectivity index (χ4v) is 3.08. The van der Waals surface area contributed by atoms with Crippen molar-refractivity contribution < 1.29 is 4.79 Å². The van der Waals surface area contributed by atoms with E-state index in [1.807, 2.05) is 36.7 Å². The van der Waals surface area contributed by atoms with Gasteiger partial charge in [-0.2, -0.15) is 0 Å². The number of hydrogen-bond donors (Lipinski definition) is 1. The third-order valence-corrected chi connectivity index (χ3v) is 4.25. The molecule has 1 aromatic carbocycles. The van der Waals surface area contributed by atoms with Crippen molar-refractivity contribution in [2.45, 2.75) is 38.1 Å². The maximum absolute atomic E-state index is 12.5. The second-order valence-corrected chi connectivity index (χ2v) is 5.56. The molecule has 0 aliphatic heterocycles. The van der Waals surface area contributed by atoms with Crippen molar-refractivity contribution in [3.8, 4) is 0 Å². The lowest BCUT2D eigenvalue weighted by Crippen LogP contribution is -2.41. The molecular formula is C16H20N2O. The molecule has 1 saturated carbocycles. The largest absolute Gasteiger partial charge is 0.320 e. The van der Waals surface area contributed by atoms with Gasteiger partial charge in [0, 0.05) is 12.4 Å². The van der Waals surface area contributed by atoms with Gasteiger partial charge in [0.1, 0.15) is 0 Å². The molecule has 1 heterocycles. The van der Waals surface area contributed by atoms with Crippen molar-refractivity contribution in [1.82, 2.24) is 4.57 Å². The molecule has 1 fully saturated rings. The molecule has 0 saturated heterocycles. The fraction of sp³-hybridized carbons (Fsp3) is 0.438. The summed E-state index contributed by atoms with van der Waals surface area (Å²) >= 11 is 0. The van der Waals surface area contributed by atoms with E-state index in [1.54, 1.807) is 4.57 Å². The minimum absolute atomic E-state index is 0.0306. The Balaban J connectivity index is 1.82. The molecule has 19 heavy (non-hydrogen) atoms. The summed E-state index contributed by atoms with van der Waals surface area (Å²) in [5.41, 5.74) is 6.18. The van der Waals surface area contributed by atoms with Crippen LogP contribution < -0.4 is 5.73 Å². The van der Waals surface area contributed by atoms with Crippen LogP contribution in [0.1, 0.15) is 36.9 Å². The minimum atomic E-state index is -0.359. The molecule has 0 radical (unpaired) electrons. The van der Waals surface area contributed by atoms with Crippen LogP contribution in [0.5, 0.6) is 0 Å². The van der Waals surface area contributed by atoms with Crippen molar-refractivity contribution in [2.75, 3.05) is 0 Å². The van der Waals surface area contributed by atoms with Gasteiger partial charge in [0.25, 0.3) is 0 Å². The Labute approximate surface area is 113 Å². The van der Waals surface area contributed by atoms with Crippen molar-refractivity contribution in [1.29, 1.82) is 0 Å². The summed E-state index contributed by atoms with van der Waals surface area (Å²) in [6.07, 6.45) is 9.66. The Morgan fingerprint density at radius 1 is 1.11 bits per heavy atom. The van der Waals surface area contributed by atoms with E-state index in [0.29, 0.717) is 5.92 Å². The zero-order chi connectivity index (χ0) is 13.2. The highest BCUT2D eigenvalue weighted by Gasteiger charge is 2.27. The van der Waals surface area contributed by atoms with Gasteiger partial charge < -0.3 is 5.73 Å². The quantitative estimate of drug-likeness (QED) is 0.897. The van der Waals surface area contributed by atoms with Crippen LogP contribution in [0.25, 0.3) is 10.8 Å². The maximum atomic E-state index is 12.5. The first kappa shape index (κ1) is 12.4. The maximum Gasteiger partial charge on any atom is 0.247 e. The van der Waals surface area contributed by atoms with E-state index in [2.05, 4.69) is 0 Å². The van der Waals surface area contributed by atoms with Crippen LogP contribution in [0, 0.1) is 5.92 Å².